The number of nitrogens with one attached hydrogen (secondary N) is 2. The molecule has 0 unspecified atom stereocenters. The van der Waals surface area contributed by atoms with Crippen molar-refractivity contribution in [1.82, 2.24) is 10.0 Å². The maximum absolute atomic E-state index is 12.0. The Morgan fingerprint density at radius 3 is 2.76 bits per heavy atom. The molecule has 0 fully saturated rings. The van der Waals surface area contributed by atoms with E-state index in [4.69, 9.17) is 0 Å². The molecule has 2 aromatic heterocycles. The van der Waals surface area contributed by atoms with Gasteiger partial charge >= 0.3 is 0 Å². The molecule has 114 valence electrons. The lowest BCUT2D eigenvalue weighted by molar-refractivity contribution is 0.0955. The van der Waals surface area contributed by atoms with Crippen molar-refractivity contribution in [2.45, 2.75) is 17.7 Å². The number of amides is 1. The smallest absolute Gasteiger partial charge is 0.261 e. The third kappa shape index (κ3) is 3.91. The van der Waals surface area contributed by atoms with Crippen molar-refractivity contribution in [1.29, 1.82) is 0 Å². The summed E-state index contributed by atoms with van der Waals surface area (Å²) in [6, 6.07) is 5.40. The Balaban J connectivity index is 1.98. The van der Waals surface area contributed by atoms with E-state index in [9.17, 15) is 13.2 Å². The van der Waals surface area contributed by atoms with Gasteiger partial charge in [0.1, 0.15) is 0 Å². The van der Waals surface area contributed by atoms with Gasteiger partial charge < -0.3 is 5.32 Å². The molecule has 1 atom stereocenters. The van der Waals surface area contributed by atoms with Gasteiger partial charge in [0.2, 0.25) is 10.0 Å². The normalized spacial score (nSPS) is 13.0. The van der Waals surface area contributed by atoms with Crippen LogP contribution in [0.3, 0.4) is 0 Å². The molecule has 0 saturated heterocycles. The SMILES string of the molecule is CNS(=O)(=O)c1csc(C(=O)NC[C@@H](C)c2cccs2)c1. The van der Waals surface area contributed by atoms with E-state index in [0.717, 1.165) is 11.3 Å². The van der Waals surface area contributed by atoms with Crippen molar-refractivity contribution < 1.29 is 13.2 Å². The van der Waals surface area contributed by atoms with Crippen LogP contribution in [0.2, 0.25) is 0 Å². The van der Waals surface area contributed by atoms with E-state index in [1.54, 1.807) is 11.3 Å². The summed E-state index contributed by atoms with van der Waals surface area (Å²) < 4.78 is 25.5. The highest BCUT2D eigenvalue weighted by Crippen LogP contribution is 2.21. The molecule has 21 heavy (non-hydrogen) atoms. The molecule has 1 amide bonds. The van der Waals surface area contributed by atoms with Crippen LogP contribution in [0.5, 0.6) is 0 Å². The van der Waals surface area contributed by atoms with Crippen LogP contribution in [0, 0.1) is 0 Å². The largest absolute Gasteiger partial charge is 0.351 e. The van der Waals surface area contributed by atoms with Gasteiger partial charge in [0.25, 0.3) is 5.91 Å². The van der Waals surface area contributed by atoms with Gasteiger partial charge in [0.15, 0.2) is 0 Å². The monoisotopic (exact) mass is 344 g/mol. The molecule has 2 rings (SSSR count). The minimum atomic E-state index is -3.50. The summed E-state index contributed by atoms with van der Waals surface area (Å²) in [5.74, 6) is -0.0182. The molecule has 5 nitrogen and oxygen atoms in total. The molecule has 0 aliphatic heterocycles. The summed E-state index contributed by atoms with van der Waals surface area (Å²) >= 11 is 2.77. The van der Waals surface area contributed by atoms with Crippen LogP contribution >= 0.6 is 22.7 Å². The fourth-order valence-electron chi connectivity index (χ4n) is 1.70. The van der Waals surface area contributed by atoms with E-state index in [0.29, 0.717) is 11.4 Å². The third-order valence-corrected chi connectivity index (χ3v) is 6.55. The van der Waals surface area contributed by atoms with Crippen LogP contribution in [-0.2, 0) is 10.0 Å². The maximum atomic E-state index is 12.0. The third-order valence-electron chi connectivity index (χ3n) is 2.98. The summed E-state index contributed by atoms with van der Waals surface area (Å²) in [4.78, 5) is 13.8. The van der Waals surface area contributed by atoms with Crippen molar-refractivity contribution >= 4 is 38.6 Å². The van der Waals surface area contributed by atoms with Gasteiger partial charge in [0, 0.05) is 22.7 Å². The van der Waals surface area contributed by atoms with Crippen LogP contribution in [-0.4, -0.2) is 27.9 Å². The van der Waals surface area contributed by atoms with Gasteiger partial charge in [-0.1, -0.05) is 13.0 Å². The number of hydrogen-bond acceptors (Lipinski definition) is 5. The van der Waals surface area contributed by atoms with Crippen molar-refractivity contribution in [3.8, 4) is 0 Å². The van der Waals surface area contributed by atoms with Crippen LogP contribution in [0.15, 0.2) is 33.9 Å². The van der Waals surface area contributed by atoms with Crippen LogP contribution < -0.4 is 10.0 Å². The Hall–Kier alpha value is -1.22. The van der Waals surface area contributed by atoms with E-state index >= 15 is 0 Å². The summed E-state index contributed by atoms with van der Waals surface area (Å²) in [5, 5.41) is 6.30. The standard InChI is InChI=1S/C13H16N2O3S3/c1-9(11-4-3-5-19-11)7-15-13(16)12-6-10(8-20-12)21(17,18)14-2/h3-6,8-9,14H,7H2,1-2H3,(H,15,16)/t9-/m1/s1. The summed E-state index contributed by atoms with van der Waals surface area (Å²) in [5.41, 5.74) is 0. The Morgan fingerprint density at radius 1 is 1.38 bits per heavy atom. The molecule has 0 aromatic carbocycles. The predicted molar refractivity (Wildman–Crippen MR) is 85.6 cm³/mol. The van der Waals surface area contributed by atoms with Crippen molar-refractivity contribution in [3.05, 3.63) is 38.7 Å². The molecule has 0 spiro atoms. The zero-order valence-electron chi connectivity index (χ0n) is 11.6. The quantitative estimate of drug-likeness (QED) is 0.844. The van der Waals surface area contributed by atoms with E-state index in [-0.39, 0.29) is 16.7 Å². The summed E-state index contributed by atoms with van der Waals surface area (Å²) in [6.07, 6.45) is 0. The number of hydrogen-bond donors (Lipinski definition) is 2. The lowest BCUT2D eigenvalue weighted by atomic mass is 10.1. The molecular formula is C13H16N2O3S3. The fourth-order valence-corrected chi connectivity index (χ4v) is 4.41. The molecular weight excluding hydrogens is 328 g/mol. The lowest BCUT2D eigenvalue weighted by Gasteiger charge is -2.10. The van der Waals surface area contributed by atoms with Gasteiger partial charge in [-0.2, -0.15) is 0 Å². The van der Waals surface area contributed by atoms with Gasteiger partial charge in [-0.15, -0.1) is 22.7 Å². The molecule has 2 aromatic rings. The molecule has 0 saturated carbocycles. The van der Waals surface area contributed by atoms with Crippen molar-refractivity contribution in [3.63, 3.8) is 0 Å². The number of rotatable bonds is 6. The topological polar surface area (TPSA) is 75.3 Å². The molecule has 0 aliphatic carbocycles. The van der Waals surface area contributed by atoms with E-state index in [1.165, 1.54) is 23.4 Å². The highest BCUT2D eigenvalue weighted by Gasteiger charge is 2.17. The second-order valence-corrected chi connectivity index (χ2v) is 8.26. The van der Waals surface area contributed by atoms with Crippen LogP contribution in [0.1, 0.15) is 27.4 Å². The zero-order chi connectivity index (χ0) is 15.5. The van der Waals surface area contributed by atoms with Crippen molar-refractivity contribution in [2.75, 3.05) is 13.6 Å². The highest BCUT2D eigenvalue weighted by molar-refractivity contribution is 7.89. The van der Waals surface area contributed by atoms with Crippen LogP contribution in [0.4, 0.5) is 0 Å². The highest BCUT2D eigenvalue weighted by atomic mass is 32.2. The number of carbonyl (C=O) groups is 1. The minimum Gasteiger partial charge on any atom is -0.351 e. The number of sulfonamides is 1. The number of thiophene rings is 2. The molecule has 0 bridgehead atoms. The predicted octanol–water partition coefficient (Wildman–Crippen LogP) is 2.25. The second kappa shape index (κ2) is 6.69. The van der Waals surface area contributed by atoms with E-state index in [2.05, 4.69) is 10.0 Å². The first kappa shape index (κ1) is 16.2. The zero-order valence-corrected chi connectivity index (χ0v) is 14.1. The fraction of sp³-hybridized carbons (Fsp3) is 0.308. The van der Waals surface area contributed by atoms with Gasteiger partial charge in [0.05, 0.1) is 9.77 Å². The Morgan fingerprint density at radius 2 is 2.14 bits per heavy atom. The first-order chi connectivity index (χ1) is 9.94. The second-order valence-electron chi connectivity index (χ2n) is 4.48. The summed E-state index contributed by atoms with van der Waals surface area (Å²) in [6.45, 7) is 2.56. The maximum Gasteiger partial charge on any atom is 0.261 e. The lowest BCUT2D eigenvalue weighted by Crippen LogP contribution is -2.26. The average molecular weight is 344 g/mol. The van der Waals surface area contributed by atoms with Gasteiger partial charge in [-0.05, 0) is 24.6 Å². The minimum absolute atomic E-state index is 0.117. The molecule has 2 N–H and O–H groups in total. The van der Waals surface area contributed by atoms with E-state index < -0.39 is 10.0 Å². The summed E-state index contributed by atoms with van der Waals surface area (Å²) in [7, 11) is -2.15. The number of carbonyl (C=O) groups excluding carboxylic acids is 1. The Kier molecular flexibility index (Phi) is 5.15. The first-order valence-corrected chi connectivity index (χ1v) is 9.52. The van der Waals surface area contributed by atoms with E-state index in [1.807, 2.05) is 24.4 Å². The molecule has 0 aliphatic rings. The van der Waals surface area contributed by atoms with Crippen LogP contribution in [0.25, 0.3) is 0 Å². The Bertz CT molecular complexity index is 705. The van der Waals surface area contributed by atoms with Gasteiger partial charge in [-0.3, -0.25) is 4.79 Å². The average Bonchev–Trinajstić information content (AvgIpc) is 3.14. The molecule has 8 heteroatoms. The molecule has 0 radical (unpaired) electrons. The molecule has 2 heterocycles. The van der Waals surface area contributed by atoms with Crippen molar-refractivity contribution in [2.24, 2.45) is 0 Å². The Labute approximate surface area is 132 Å². The van der Waals surface area contributed by atoms with Gasteiger partial charge in [-0.25, -0.2) is 13.1 Å². The first-order valence-electron chi connectivity index (χ1n) is 6.27.